The Kier molecular flexibility index (Phi) is 9.01. The number of nitrogens with one attached hydrogen (secondary N) is 1. The number of rotatable bonds is 9. The summed E-state index contributed by atoms with van der Waals surface area (Å²) in [4.78, 5) is 0. The molecule has 0 fully saturated rings. The third-order valence-electron chi connectivity index (χ3n) is 5.79. The number of methoxy groups -OCH3 is 2. The van der Waals surface area contributed by atoms with Crippen molar-refractivity contribution in [3.8, 4) is 28.7 Å². The van der Waals surface area contributed by atoms with E-state index in [0.29, 0.717) is 17.1 Å². The van der Waals surface area contributed by atoms with Crippen molar-refractivity contribution in [3.63, 3.8) is 0 Å². The van der Waals surface area contributed by atoms with Gasteiger partial charge in [-0.1, -0.05) is 65.8 Å². The predicted octanol–water partition coefficient (Wildman–Crippen LogP) is 7.31. The molecule has 3 aromatic rings. The summed E-state index contributed by atoms with van der Waals surface area (Å²) in [6.45, 7) is 9.74. The van der Waals surface area contributed by atoms with E-state index in [-0.39, 0.29) is 28.1 Å². The Morgan fingerprint density at radius 3 is 1.50 bits per heavy atom. The lowest BCUT2D eigenvalue weighted by molar-refractivity contribution is 0.340. The zero-order chi connectivity index (χ0) is 28.1. The molecule has 0 atom stereocenters. The van der Waals surface area contributed by atoms with Crippen molar-refractivity contribution in [2.75, 3.05) is 14.2 Å². The number of hydrogen-bond acceptors (Lipinski definition) is 7. The molecule has 0 aromatic heterocycles. The second-order valence-electron chi connectivity index (χ2n) is 10.9. The topological polar surface area (TPSA) is 81.5 Å². The van der Waals surface area contributed by atoms with Crippen LogP contribution in [-0.4, -0.2) is 25.5 Å². The first-order chi connectivity index (χ1) is 17.7. The number of hydrazone groups is 1. The molecule has 0 aliphatic carbocycles. The molecule has 2 N–H and O–H groups in total. The maximum absolute atomic E-state index is 10.2. The number of benzene rings is 3. The Hall–Kier alpha value is -3.22. The van der Waals surface area contributed by atoms with Gasteiger partial charge in [0.25, 0.3) is 0 Å². The van der Waals surface area contributed by atoms with Gasteiger partial charge in [0.1, 0.15) is 11.5 Å². The molecule has 0 unspecified atom stereocenters. The number of aromatic hydroxyl groups is 1. The Morgan fingerprint density at radius 2 is 1.16 bits per heavy atom. The van der Waals surface area contributed by atoms with Crippen LogP contribution in [0.3, 0.4) is 0 Å². The lowest BCUT2D eigenvalue weighted by Gasteiger charge is -2.24. The maximum Gasteiger partial charge on any atom is 0.408 e. The third kappa shape index (κ3) is 7.65. The number of phenolic OH excluding ortho intramolecular Hbond substituents is 1. The Morgan fingerprint density at radius 1 is 0.763 bits per heavy atom. The first kappa shape index (κ1) is 29.3. The number of nitrogens with zero attached hydrogens (tertiary/aromatic N) is 1. The van der Waals surface area contributed by atoms with E-state index < -0.39 is 6.64 Å². The molecule has 0 radical (unpaired) electrons. The monoisotopic (exact) mass is 556 g/mol. The van der Waals surface area contributed by atoms with Gasteiger partial charge in [0, 0.05) is 17.4 Å². The molecule has 204 valence electrons. The second kappa shape index (κ2) is 11.7. The Balaban J connectivity index is 1.89. The minimum absolute atomic E-state index is 0.0127. The first-order valence-electron chi connectivity index (χ1n) is 12.2. The van der Waals surface area contributed by atoms with Crippen molar-refractivity contribution < 1.29 is 23.6 Å². The number of ether oxygens (including phenoxy) is 2. The van der Waals surface area contributed by atoms with E-state index in [4.69, 9.17) is 30.3 Å². The van der Waals surface area contributed by atoms with Crippen LogP contribution in [-0.2, 0) is 22.6 Å². The molecule has 0 saturated heterocycles. The Bertz CT molecular complexity index is 1220. The van der Waals surface area contributed by atoms with E-state index in [9.17, 15) is 5.11 Å². The van der Waals surface area contributed by atoms with Gasteiger partial charge >= 0.3 is 6.64 Å². The number of hydrogen-bond donors (Lipinski definition) is 2. The summed E-state index contributed by atoms with van der Waals surface area (Å²) in [5, 5.41) is 17.4. The van der Waals surface area contributed by atoms with Crippen LogP contribution >= 0.6 is 6.64 Å². The van der Waals surface area contributed by atoms with Gasteiger partial charge in [-0.25, -0.2) is 5.20 Å². The van der Waals surface area contributed by atoms with Crippen molar-refractivity contribution in [2.24, 2.45) is 5.10 Å². The molecule has 3 rings (SSSR count). The summed E-state index contributed by atoms with van der Waals surface area (Å²) < 4.78 is 22.9. The molecule has 3 aromatic carbocycles. The summed E-state index contributed by atoms with van der Waals surface area (Å²) >= 11 is 5.86. The van der Waals surface area contributed by atoms with Crippen molar-refractivity contribution in [1.82, 2.24) is 5.20 Å². The molecule has 38 heavy (non-hydrogen) atoms. The van der Waals surface area contributed by atoms with Crippen molar-refractivity contribution in [1.29, 1.82) is 0 Å². The smallest absolute Gasteiger partial charge is 0.408 e. The Labute approximate surface area is 231 Å². The fourth-order valence-corrected chi connectivity index (χ4v) is 5.31. The van der Waals surface area contributed by atoms with E-state index in [0.717, 1.165) is 0 Å². The van der Waals surface area contributed by atoms with Gasteiger partial charge in [0.05, 0.1) is 20.4 Å². The lowest BCUT2D eigenvalue weighted by Crippen LogP contribution is -2.15. The highest BCUT2D eigenvalue weighted by molar-refractivity contribution is 8.09. The van der Waals surface area contributed by atoms with Gasteiger partial charge in [-0.15, -0.1) is 0 Å². The molecule has 0 saturated carbocycles. The molecule has 0 aliphatic rings. The van der Waals surface area contributed by atoms with E-state index in [1.165, 1.54) is 31.6 Å². The van der Waals surface area contributed by atoms with E-state index in [1.54, 1.807) is 12.1 Å². The van der Waals surface area contributed by atoms with Gasteiger partial charge in [-0.05, 0) is 58.4 Å². The fourth-order valence-electron chi connectivity index (χ4n) is 3.53. The zero-order valence-electron chi connectivity index (χ0n) is 23.2. The molecule has 0 amide bonds. The van der Waals surface area contributed by atoms with E-state index in [1.807, 2.05) is 48.5 Å². The van der Waals surface area contributed by atoms with Crippen LogP contribution in [0.15, 0.2) is 65.8 Å². The minimum atomic E-state index is -3.19. The average molecular weight is 557 g/mol. The second-order valence-corrected chi connectivity index (χ2v) is 13.9. The molecule has 9 heteroatoms. The van der Waals surface area contributed by atoms with Crippen LogP contribution in [0.2, 0.25) is 0 Å². The van der Waals surface area contributed by atoms with Crippen molar-refractivity contribution >= 4 is 24.7 Å². The van der Waals surface area contributed by atoms with Crippen LogP contribution < -0.4 is 23.7 Å². The van der Waals surface area contributed by atoms with Crippen LogP contribution in [0, 0.1) is 0 Å². The van der Waals surface area contributed by atoms with Crippen LogP contribution in [0.4, 0.5) is 0 Å². The highest BCUT2D eigenvalue weighted by Gasteiger charge is 2.24. The van der Waals surface area contributed by atoms with Gasteiger partial charge in [-0.3, -0.25) is 0 Å². The number of phenols is 1. The maximum atomic E-state index is 10.2. The van der Waals surface area contributed by atoms with Crippen molar-refractivity contribution in [2.45, 2.75) is 52.4 Å². The molecule has 0 aliphatic heterocycles. The average Bonchev–Trinajstić information content (AvgIpc) is 2.84. The first-order valence-corrected chi connectivity index (χ1v) is 14.8. The minimum Gasteiger partial charge on any atom is -0.502 e. The van der Waals surface area contributed by atoms with Crippen LogP contribution in [0.1, 0.15) is 58.2 Å². The summed E-state index contributed by atoms with van der Waals surface area (Å²) in [6.07, 6.45) is 1.53. The lowest BCUT2D eigenvalue weighted by atomic mass is 9.87. The summed E-state index contributed by atoms with van der Waals surface area (Å²) in [5.74, 6) is 1.58. The quantitative estimate of drug-likeness (QED) is 0.162. The fraction of sp³-hybridized carbons (Fsp3) is 0.345. The largest absolute Gasteiger partial charge is 0.502 e. The molecule has 0 heterocycles. The van der Waals surface area contributed by atoms with Gasteiger partial charge in [0.15, 0.2) is 11.5 Å². The molecule has 0 spiro atoms. The van der Waals surface area contributed by atoms with Gasteiger partial charge < -0.3 is 23.6 Å². The summed E-state index contributed by atoms with van der Waals surface area (Å²) in [6, 6.07) is 18.9. The summed E-state index contributed by atoms with van der Waals surface area (Å²) in [7, 11) is 2.93. The van der Waals surface area contributed by atoms with Gasteiger partial charge in [0.2, 0.25) is 5.75 Å². The highest BCUT2D eigenvalue weighted by atomic mass is 32.5. The third-order valence-corrected chi connectivity index (χ3v) is 7.74. The van der Waals surface area contributed by atoms with E-state index >= 15 is 0 Å². The summed E-state index contributed by atoms with van der Waals surface area (Å²) in [5.41, 5.74) is 3.00. The standard InChI is InChI=1S/C29H37N2O5PS/c1-28(2,3)21-9-13-23(14-10-21)35-37(38,36-24-15-11-22(12-16-24)29(4,5)6)31-30-19-20-17-25(33-7)27(32)26(18-20)34-8/h9-19,32H,1-8H3,(H,31,38). The normalized spacial score (nSPS) is 12.3. The zero-order valence-corrected chi connectivity index (χ0v) is 24.9. The molecular weight excluding hydrogens is 519 g/mol. The van der Waals surface area contributed by atoms with Crippen LogP contribution in [0.5, 0.6) is 28.7 Å². The molecule has 0 bridgehead atoms. The molecule has 7 nitrogen and oxygen atoms in total. The predicted molar refractivity (Wildman–Crippen MR) is 158 cm³/mol. The highest BCUT2D eigenvalue weighted by Crippen LogP contribution is 2.46. The van der Waals surface area contributed by atoms with Crippen LogP contribution in [0.25, 0.3) is 0 Å². The van der Waals surface area contributed by atoms with Crippen molar-refractivity contribution in [3.05, 3.63) is 77.4 Å². The van der Waals surface area contributed by atoms with E-state index in [2.05, 4.69) is 51.8 Å². The van der Waals surface area contributed by atoms with Gasteiger partial charge in [-0.2, -0.15) is 5.10 Å². The molecular formula is C29H37N2O5PS. The SMILES string of the molecule is COc1cc(C=NNP(=S)(Oc2ccc(C(C)(C)C)cc2)Oc2ccc(C(C)(C)C)cc2)cc(OC)c1O.